The summed E-state index contributed by atoms with van der Waals surface area (Å²) in [5.41, 5.74) is 1.26. The molecule has 0 aliphatic carbocycles. The molecule has 106 valence electrons. The van der Waals surface area contributed by atoms with Crippen LogP contribution in [0, 0.1) is 11.8 Å². The Balaban J connectivity index is 1.65. The fourth-order valence-electron chi connectivity index (χ4n) is 3.80. The van der Waals surface area contributed by atoms with E-state index in [2.05, 4.69) is 28.4 Å². The van der Waals surface area contributed by atoms with Crippen LogP contribution in [-0.4, -0.2) is 52.1 Å². The highest BCUT2D eigenvalue weighted by Gasteiger charge is 2.42. The average Bonchev–Trinajstić information content (AvgIpc) is 3.06. The van der Waals surface area contributed by atoms with Crippen molar-refractivity contribution in [3.8, 4) is 0 Å². The molecule has 0 spiro atoms. The molecule has 0 radical (unpaired) electrons. The van der Waals surface area contributed by atoms with E-state index in [-0.39, 0.29) is 6.61 Å². The molecule has 0 amide bonds. The maximum absolute atomic E-state index is 8.92. The number of fused-ring (bicyclic) bond motifs is 1. The first kappa shape index (κ1) is 13.1. The number of hydrogen-bond donors (Lipinski definition) is 2. The van der Waals surface area contributed by atoms with E-state index in [4.69, 9.17) is 5.11 Å². The fourth-order valence-corrected chi connectivity index (χ4v) is 3.80. The van der Waals surface area contributed by atoms with Gasteiger partial charge in [-0.2, -0.15) is 5.10 Å². The van der Waals surface area contributed by atoms with Crippen molar-refractivity contribution in [1.29, 1.82) is 0 Å². The summed E-state index contributed by atoms with van der Waals surface area (Å²) in [6.45, 7) is 7.61. The molecule has 1 aromatic heterocycles. The van der Waals surface area contributed by atoms with Gasteiger partial charge in [-0.15, -0.1) is 0 Å². The van der Waals surface area contributed by atoms with Crippen LogP contribution in [0.25, 0.3) is 0 Å². The number of rotatable bonds is 5. The number of aromatic nitrogens is 2. The zero-order valence-electron chi connectivity index (χ0n) is 11.6. The average molecular weight is 264 g/mol. The molecule has 0 saturated carbocycles. The quantitative estimate of drug-likeness (QED) is 0.803. The monoisotopic (exact) mass is 264 g/mol. The van der Waals surface area contributed by atoms with E-state index >= 15 is 0 Å². The summed E-state index contributed by atoms with van der Waals surface area (Å²) < 4.78 is 1.83. The SMILES string of the molecule is CCC1C2CNCC2CN1Cc1cnn(CCO)c1. The summed E-state index contributed by atoms with van der Waals surface area (Å²) in [6, 6.07) is 0.709. The van der Waals surface area contributed by atoms with Gasteiger partial charge in [-0.05, 0) is 31.3 Å². The van der Waals surface area contributed by atoms with Gasteiger partial charge in [0.2, 0.25) is 0 Å². The molecular formula is C14H24N4O. The molecular weight excluding hydrogens is 240 g/mol. The van der Waals surface area contributed by atoms with E-state index in [1.165, 1.54) is 31.6 Å². The topological polar surface area (TPSA) is 53.3 Å². The van der Waals surface area contributed by atoms with Crippen molar-refractivity contribution in [2.24, 2.45) is 11.8 Å². The molecule has 2 N–H and O–H groups in total. The highest BCUT2D eigenvalue weighted by Crippen LogP contribution is 2.34. The van der Waals surface area contributed by atoms with Crippen LogP contribution >= 0.6 is 0 Å². The van der Waals surface area contributed by atoms with Crippen LogP contribution in [0.15, 0.2) is 12.4 Å². The Bertz CT molecular complexity index is 419. The van der Waals surface area contributed by atoms with Crippen molar-refractivity contribution in [1.82, 2.24) is 20.0 Å². The molecule has 0 aromatic carbocycles. The Kier molecular flexibility index (Phi) is 3.86. The number of likely N-dealkylation sites (tertiary alicyclic amines) is 1. The summed E-state index contributed by atoms with van der Waals surface area (Å²) >= 11 is 0. The predicted octanol–water partition coefficient (Wildman–Crippen LogP) is 0.305. The third-order valence-corrected chi connectivity index (χ3v) is 4.64. The maximum Gasteiger partial charge on any atom is 0.0640 e. The van der Waals surface area contributed by atoms with E-state index in [1.54, 1.807) is 0 Å². The van der Waals surface area contributed by atoms with Crippen molar-refractivity contribution in [2.75, 3.05) is 26.2 Å². The lowest BCUT2D eigenvalue weighted by Crippen LogP contribution is -2.34. The Morgan fingerprint density at radius 2 is 2.37 bits per heavy atom. The molecule has 3 rings (SSSR count). The van der Waals surface area contributed by atoms with Crippen molar-refractivity contribution < 1.29 is 5.11 Å². The highest BCUT2D eigenvalue weighted by atomic mass is 16.3. The largest absolute Gasteiger partial charge is 0.394 e. The zero-order chi connectivity index (χ0) is 13.2. The minimum Gasteiger partial charge on any atom is -0.394 e. The smallest absolute Gasteiger partial charge is 0.0640 e. The number of aliphatic hydroxyl groups is 1. The minimum absolute atomic E-state index is 0.151. The van der Waals surface area contributed by atoms with Crippen molar-refractivity contribution in [2.45, 2.75) is 32.5 Å². The second-order valence-corrected chi connectivity index (χ2v) is 5.82. The van der Waals surface area contributed by atoms with Gasteiger partial charge in [0.05, 0.1) is 19.3 Å². The Morgan fingerprint density at radius 1 is 1.47 bits per heavy atom. The lowest BCUT2D eigenvalue weighted by molar-refractivity contribution is 0.210. The van der Waals surface area contributed by atoms with Gasteiger partial charge in [-0.1, -0.05) is 6.92 Å². The molecule has 0 bridgehead atoms. The third kappa shape index (κ3) is 2.55. The van der Waals surface area contributed by atoms with Crippen LogP contribution in [-0.2, 0) is 13.1 Å². The second-order valence-electron chi connectivity index (χ2n) is 5.82. The first-order valence-corrected chi connectivity index (χ1v) is 7.38. The lowest BCUT2D eigenvalue weighted by Gasteiger charge is -2.26. The summed E-state index contributed by atoms with van der Waals surface area (Å²) in [5.74, 6) is 1.66. The molecule has 1 aromatic rings. The number of aliphatic hydroxyl groups excluding tert-OH is 1. The molecule has 3 unspecified atom stereocenters. The van der Waals surface area contributed by atoms with Gasteiger partial charge in [0.25, 0.3) is 0 Å². The normalized spacial score (nSPS) is 30.9. The van der Waals surface area contributed by atoms with Gasteiger partial charge in [0.15, 0.2) is 0 Å². The third-order valence-electron chi connectivity index (χ3n) is 4.64. The summed E-state index contributed by atoms with van der Waals surface area (Å²) in [5, 5.41) is 16.7. The molecule has 3 heterocycles. The van der Waals surface area contributed by atoms with Crippen LogP contribution in [0.5, 0.6) is 0 Å². The Morgan fingerprint density at radius 3 is 3.16 bits per heavy atom. The molecule has 2 fully saturated rings. The van der Waals surface area contributed by atoms with Crippen LogP contribution in [0.1, 0.15) is 18.9 Å². The van der Waals surface area contributed by atoms with E-state index in [0.29, 0.717) is 12.6 Å². The van der Waals surface area contributed by atoms with Gasteiger partial charge >= 0.3 is 0 Å². The van der Waals surface area contributed by atoms with E-state index in [9.17, 15) is 0 Å². The predicted molar refractivity (Wildman–Crippen MR) is 73.7 cm³/mol. The maximum atomic E-state index is 8.92. The highest BCUT2D eigenvalue weighted by molar-refractivity contribution is 5.07. The zero-order valence-corrected chi connectivity index (χ0v) is 11.6. The Hall–Kier alpha value is -0.910. The van der Waals surface area contributed by atoms with Crippen LogP contribution in [0.3, 0.4) is 0 Å². The van der Waals surface area contributed by atoms with Crippen LogP contribution in [0.2, 0.25) is 0 Å². The van der Waals surface area contributed by atoms with Gasteiger partial charge in [0.1, 0.15) is 0 Å². The standard InChI is InChI=1S/C14H24N4O/c1-2-14-13-7-15-6-12(13)10-17(14)8-11-5-16-18(9-11)3-4-19/h5,9,12-15,19H,2-4,6-8,10H2,1H3. The van der Waals surface area contributed by atoms with Crippen LogP contribution < -0.4 is 5.32 Å². The Labute approximate surface area is 114 Å². The minimum atomic E-state index is 0.151. The molecule has 3 atom stereocenters. The van der Waals surface area contributed by atoms with E-state index in [0.717, 1.165) is 18.4 Å². The summed E-state index contributed by atoms with van der Waals surface area (Å²) in [7, 11) is 0. The van der Waals surface area contributed by atoms with Crippen molar-refractivity contribution >= 4 is 0 Å². The summed E-state index contributed by atoms with van der Waals surface area (Å²) in [6.07, 6.45) is 5.23. The van der Waals surface area contributed by atoms with Gasteiger partial charge in [0, 0.05) is 30.9 Å². The van der Waals surface area contributed by atoms with Crippen molar-refractivity contribution in [3.63, 3.8) is 0 Å². The molecule has 2 saturated heterocycles. The van der Waals surface area contributed by atoms with Crippen LogP contribution in [0.4, 0.5) is 0 Å². The van der Waals surface area contributed by atoms with Gasteiger partial charge < -0.3 is 10.4 Å². The second kappa shape index (κ2) is 5.61. The molecule has 5 nitrogen and oxygen atoms in total. The van der Waals surface area contributed by atoms with E-state index in [1.807, 2.05) is 10.9 Å². The van der Waals surface area contributed by atoms with Gasteiger partial charge in [-0.25, -0.2) is 0 Å². The van der Waals surface area contributed by atoms with Gasteiger partial charge in [-0.3, -0.25) is 9.58 Å². The molecule has 2 aliphatic heterocycles. The first-order chi connectivity index (χ1) is 9.31. The summed E-state index contributed by atoms with van der Waals surface area (Å²) in [4.78, 5) is 2.62. The number of hydrogen-bond acceptors (Lipinski definition) is 4. The lowest BCUT2D eigenvalue weighted by atomic mass is 9.93. The first-order valence-electron chi connectivity index (χ1n) is 7.38. The number of nitrogens with zero attached hydrogens (tertiary/aromatic N) is 3. The molecule has 19 heavy (non-hydrogen) atoms. The fraction of sp³-hybridized carbons (Fsp3) is 0.786. The molecule has 2 aliphatic rings. The van der Waals surface area contributed by atoms with Crippen molar-refractivity contribution in [3.05, 3.63) is 18.0 Å². The molecule has 5 heteroatoms. The van der Waals surface area contributed by atoms with E-state index < -0.39 is 0 Å². The number of nitrogens with one attached hydrogen (secondary N) is 1.